The molecule has 0 spiro atoms. The molecular weight excluding hydrogens is 422 g/mol. The zero-order chi connectivity index (χ0) is 21.8. The van der Waals surface area contributed by atoms with E-state index in [4.69, 9.17) is 9.15 Å². The van der Waals surface area contributed by atoms with E-state index < -0.39 is 15.7 Å². The van der Waals surface area contributed by atoms with Crippen LogP contribution in [0.2, 0.25) is 0 Å². The summed E-state index contributed by atoms with van der Waals surface area (Å²) < 4.78 is 34.7. The van der Waals surface area contributed by atoms with Gasteiger partial charge in [0.25, 0.3) is 0 Å². The lowest BCUT2D eigenvalue weighted by atomic mass is 10.1. The van der Waals surface area contributed by atoms with E-state index in [2.05, 4.69) is 25.3 Å². The lowest BCUT2D eigenvalue weighted by Crippen LogP contribution is -2.08. The number of benzene rings is 1. The molecule has 0 radical (unpaired) electrons. The Labute approximate surface area is 175 Å². The standard InChI is InChI=1S/C20H15N5O5S/c1-10-9-22-17-16-11-3-6-14(30-15-7-8-21-20(25-15)31(2,27)28)24-12(11)4-5-13(16)29-18(17)19(26)23-10/h3-8,22H,9H2,1-2H3. The van der Waals surface area contributed by atoms with E-state index in [0.29, 0.717) is 29.0 Å². The number of carbonyl (C=O) groups excluding carboxylic acids is 1. The van der Waals surface area contributed by atoms with Gasteiger partial charge in [-0.25, -0.2) is 23.4 Å². The minimum absolute atomic E-state index is 0.0559. The molecule has 4 aromatic rings. The molecule has 0 saturated carbocycles. The minimum Gasteiger partial charge on any atom is -0.449 e. The fraction of sp³-hybridized carbons (Fsp3) is 0.150. The summed E-state index contributed by atoms with van der Waals surface area (Å²) in [6, 6.07) is 8.33. The largest absolute Gasteiger partial charge is 0.449 e. The molecule has 1 aliphatic rings. The maximum absolute atomic E-state index is 12.4. The number of furan rings is 1. The van der Waals surface area contributed by atoms with Crippen molar-refractivity contribution >= 4 is 49.0 Å². The summed E-state index contributed by atoms with van der Waals surface area (Å²) in [5.41, 5.74) is 2.38. The molecule has 0 atom stereocenters. The second-order valence-corrected chi connectivity index (χ2v) is 8.93. The Morgan fingerprint density at radius 1 is 1.10 bits per heavy atom. The van der Waals surface area contributed by atoms with Gasteiger partial charge in [-0.05, 0) is 25.1 Å². The summed E-state index contributed by atoms with van der Waals surface area (Å²) in [7, 11) is -3.57. The van der Waals surface area contributed by atoms with Crippen molar-refractivity contribution in [3.8, 4) is 11.8 Å². The maximum Gasteiger partial charge on any atom is 0.314 e. The zero-order valence-electron chi connectivity index (χ0n) is 16.4. The highest BCUT2D eigenvalue weighted by Gasteiger charge is 2.24. The number of pyridine rings is 1. The zero-order valence-corrected chi connectivity index (χ0v) is 17.2. The summed E-state index contributed by atoms with van der Waals surface area (Å²) in [6.07, 6.45) is 2.32. The van der Waals surface area contributed by atoms with Crippen molar-refractivity contribution in [3.63, 3.8) is 0 Å². The number of sulfone groups is 1. The first-order chi connectivity index (χ1) is 14.8. The molecule has 0 unspecified atom stereocenters. The molecule has 11 heteroatoms. The van der Waals surface area contributed by atoms with Crippen LogP contribution in [0.5, 0.6) is 11.8 Å². The van der Waals surface area contributed by atoms with E-state index >= 15 is 0 Å². The smallest absolute Gasteiger partial charge is 0.314 e. The SMILES string of the molecule is CC1=NC(=O)c2oc3ccc4nc(Oc5ccnc(S(C)(=O)=O)n5)ccc4c3c2NC1. The third-order valence-corrected chi connectivity index (χ3v) is 5.51. The second kappa shape index (κ2) is 6.84. The molecular formula is C20H15N5O5S. The lowest BCUT2D eigenvalue weighted by Gasteiger charge is -2.07. The molecule has 1 aliphatic heterocycles. The first-order valence-electron chi connectivity index (χ1n) is 9.19. The minimum atomic E-state index is -3.57. The van der Waals surface area contributed by atoms with E-state index in [1.807, 2.05) is 0 Å². The van der Waals surface area contributed by atoms with E-state index in [9.17, 15) is 13.2 Å². The number of nitrogens with one attached hydrogen (secondary N) is 1. The van der Waals surface area contributed by atoms with Gasteiger partial charge in [-0.2, -0.15) is 4.98 Å². The molecule has 1 N–H and O–H groups in total. The van der Waals surface area contributed by atoms with Crippen molar-refractivity contribution in [2.75, 3.05) is 18.1 Å². The monoisotopic (exact) mass is 437 g/mol. The number of hydrogen-bond acceptors (Lipinski definition) is 9. The average molecular weight is 437 g/mol. The molecule has 156 valence electrons. The summed E-state index contributed by atoms with van der Waals surface area (Å²) in [4.78, 5) is 28.5. The molecule has 0 aliphatic carbocycles. The number of hydrogen-bond donors (Lipinski definition) is 1. The summed E-state index contributed by atoms with van der Waals surface area (Å²) in [5, 5.41) is 4.37. The van der Waals surface area contributed by atoms with Gasteiger partial charge < -0.3 is 14.5 Å². The Hall–Kier alpha value is -3.86. The topological polar surface area (TPSA) is 137 Å². The van der Waals surface area contributed by atoms with Crippen molar-refractivity contribution in [3.05, 3.63) is 42.3 Å². The Morgan fingerprint density at radius 2 is 1.90 bits per heavy atom. The fourth-order valence-corrected chi connectivity index (χ4v) is 3.81. The van der Waals surface area contributed by atoms with Crippen molar-refractivity contribution in [1.29, 1.82) is 0 Å². The van der Waals surface area contributed by atoms with Crippen molar-refractivity contribution in [2.24, 2.45) is 4.99 Å². The third kappa shape index (κ3) is 3.38. The molecule has 0 fully saturated rings. The van der Waals surface area contributed by atoms with Gasteiger partial charge in [-0.1, -0.05) is 0 Å². The Morgan fingerprint density at radius 3 is 2.71 bits per heavy atom. The van der Waals surface area contributed by atoms with Crippen LogP contribution in [-0.2, 0) is 9.84 Å². The van der Waals surface area contributed by atoms with Crippen molar-refractivity contribution in [2.45, 2.75) is 12.1 Å². The Bertz CT molecular complexity index is 1520. The number of aromatic nitrogens is 3. The Balaban J connectivity index is 1.58. The van der Waals surface area contributed by atoms with Crippen LogP contribution < -0.4 is 10.1 Å². The Kier molecular flexibility index (Phi) is 4.22. The quantitative estimate of drug-likeness (QED) is 0.479. The molecule has 31 heavy (non-hydrogen) atoms. The molecule has 0 saturated heterocycles. The molecule has 1 amide bonds. The van der Waals surface area contributed by atoms with Crippen LogP contribution in [0.25, 0.3) is 21.9 Å². The number of rotatable bonds is 3. The number of aliphatic imine (C=N–C) groups is 1. The number of ether oxygens (including phenoxy) is 1. The van der Waals surface area contributed by atoms with Crippen molar-refractivity contribution in [1.82, 2.24) is 15.0 Å². The number of fused-ring (bicyclic) bond motifs is 5. The number of anilines is 1. The normalized spacial score (nSPS) is 14.1. The summed E-state index contributed by atoms with van der Waals surface area (Å²) in [5.74, 6) is 0.0115. The van der Waals surface area contributed by atoms with Crippen LogP contribution in [0.1, 0.15) is 17.5 Å². The predicted molar refractivity (Wildman–Crippen MR) is 113 cm³/mol. The van der Waals surface area contributed by atoms with Gasteiger partial charge in [0.2, 0.25) is 32.5 Å². The van der Waals surface area contributed by atoms with Gasteiger partial charge >= 0.3 is 5.91 Å². The molecule has 1 aromatic carbocycles. The molecule has 3 aromatic heterocycles. The van der Waals surface area contributed by atoms with E-state index in [1.165, 1.54) is 12.3 Å². The van der Waals surface area contributed by atoms with E-state index in [0.717, 1.165) is 17.0 Å². The van der Waals surface area contributed by atoms with Crippen molar-refractivity contribution < 1.29 is 22.4 Å². The highest BCUT2D eigenvalue weighted by atomic mass is 32.2. The summed E-state index contributed by atoms with van der Waals surface area (Å²) >= 11 is 0. The van der Waals surface area contributed by atoms with Gasteiger partial charge in [0.1, 0.15) is 5.58 Å². The van der Waals surface area contributed by atoms with Crippen LogP contribution >= 0.6 is 0 Å². The fourth-order valence-electron chi connectivity index (χ4n) is 3.31. The number of amides is 1. The van der Waals surface area contributed by atoms with Crippen LogP contribution in [0.15, 0.2) is 51.1 Å². The summed E-state index contributed by atoms with van der Waals surface area (Å²) in [6.45, 7) is 2.19. The van der Waals surface area contributed by atoms with Gasteiger partial charge in [-0.15, -0.1) is 0 Å². The van der Waals surface area contributed by atoms with Gasteiger partial charge in [-0.3, -0.25) is 4.79 Å². The lowest BCUT2D eigenvalue weighted by molar-refractivity contribution is 0.0980. The molecule has 0 bridgehead atoms. The third-order valence-electron chi connectivity index (χ3n) is 4.65. The van der Waals surface area contributed by atoms with Gasteiger partial charge in [0.05, 0.1) is 23.1 Å². The van der Waals surface area contributed by atoms with E-state index in [-0.39, 0.29) is 22.7 Å². The van der Waals surface area contributed by atoms with Gasteiger partial charge in [0.15, 0.2) is 0 Å². The molecule has 4 heterocycles. The highest BCUT2D eigenvalue weighted by Crippen LogP contribution is 2.38. The van der Waals surface area contributed by atoms with E-state index in [1.54, 1.807) is 31.2 Å². The molecule has 10 nitrogen and oxygen atoms in total. The highest BCUT2D eigenvalue weighted by molar-refractivity contribution is 7.90. The maximum atomic E-state index is 12.4. The van der Waals surface area contributed by atoms with Crippen LogP contribution in [0, 0.1) is 0 Å². The van der Waals surface area contributed by atoms with Crippen LogP contribution in [-0.4, -0.2) is 47.8 Å². The average Bonchev–Trinajstić information content (AvgIpc) is 3.04. The number of nitrogens with zero attached hydrogens (tertiary/aromatic N) is 4. The van der Waals surface area contributed by atoms with Crippen LogP contribution in [0.4, 0.5) is 5.69 Å². The predicted octanol–water partition coefficient (Wildman–Crippen LogP) is 2.99. The second-order valence-electron chi connectivity index (χ2n) is 7.02. The molecule has 5 rings (SSSR count). The van der Waals surface area contributed by atoms with Crippen LogP contribution in [0.3, 0.4) is 0 Å². The first kappa shape index (κ1) is 19.1. The first-order valence-corrected chi connectivity index (χ1v) is 11.1. The van der Waals surface area contributed by atoms with Gasteiger partial charge in [0, 0.05) is 35.7 Å². The number of carbonyl (C=O) groups is 1.